The molecule has 194 valence electrons. The average Bonchev–Trinajstić information content (AvgIpc) is 3.30. The first-order chi connectivity index (χ1) is 17.4. The second kappa shape index (κ2) is 9.87. The van der Waals surface area contributed by atoms with Gasteiger partial charge in [-0.15, -0.1) is 0 Å². The van der Waals surface area contributed by atoms with E-state index >= 15 is 0 Å². The number of nitrogens with zero attached hydrogens (tertiary/aromatic N) is 2. The number of oxime groups is 1. The number of halogens is 6. The molecule has 1 aliphatic heterocycles. The molecule has 0 radical (unpaired) electrons. The summed E-state index contributed by atoms with van der Waals surface area (Å²) in [5.41, 5.74) is -1.25. The van der Waals surface area contributed by atoms with Crippen molar-refractivity contribution in [2.45, 2.75) is 38.5 Å². The van der Waals surface area contributed by atoms with E-state index < -0.39 is 41.2 Å². The third-order valence-corrected chi connectivity index (χ3v) is 6.27. The van der Waals surface area contributed by atoms with Gasteiger partial charge in [-0.05, 0) is 72.9 Å². The summed E-state index contributed by atoms with van der Waals surface area (Å²) in [6, 6.07) is 6.69. The minimum atomic E-state index is -5.13. The van der Waals surface area contributed by atoms with Crippen molar-refractivity contribution in [2.75, 3.05) is 6.54 Å². The van der Waals surface area contributed by atoms with Gasteiger partial charge in [0.05, 0.1) is 5.71 Å². The molecule has 0 bridgehead atoms. The minimum absolute atomic E-state index is 0.149. The van der Waals surface area contributed by atoms with Crippen LogP contribution in [0.2, 0.25) is 0 Å². The lowest BCUT2D eigenvalue weighted by Gasteiger charge is -2.29. The van der Waals surface area contributed by atoms with Crippen molar-refractivity contribution in [3.05, 3.63) is 99.6 Å². The zero-order valence-electron chi connectivity index (χ0n) is 19.7. The van der Waals surface area contributed by atoms with E-state index in [1.165, 1.54) is 18.2 Å². The summed E-state index contributed by atoms with van der Waals surface area (Å²) in [4.78, 5) is 21.5. The lowest BCUT2D eigenvalue weighted by molar-refractivity contribution is -0.276. The van der Waals surface area contributed by atoms with Crippen LogP contribution in [0.4, 0.5) is 26.3 Å². The van der Waals surface area contributed by atoms with E-state index in [0.29, 0.717) is 24.1 Å². The number of hydrogen-bond donors (Lipinski definition) is 1. The maximum Gasteiger partial charge on any atom is 0.435 e. The number of aromatic nitrogens is 1. The summed E-state index contributed by atoms with van der Waals surface area (Å²) < 4.78 is 83.0. The van der Waals surface area contributed by atoms with Crippen LogP contribution in [0, 0.1) is 31.3 Å². The van der Waals surface area contributed by atoms with Gasteiger partial charge >= 0.3 is 6.18 Å². The van der Waals surface area contributed by atoms with Crippen LogP contribution in [0.5, 0.6) is 0 Å². The molecule has 1 atom stereocenters. The molecule has 0 aliphatic carbocycles. The van der Waals surface area contributed by atoms with Gasteiger partial charge in [0, 0.05) is 36.5 Å². The Morgan fingerprint density at radius 2 is 1.76 bits per heavy atom. The first kappa shape index (κ1) is 26.2. The molecule has 2 aromatic carbocycles. The SMILES string of the molecule is Cc1ccncc1CCNC(=O)c1ccc(C2=NOC(c3cc(F)c(F)c(F)c3)(C(F)(F)F)C2)cc1C. The molecular weight excluding hydrogens is 500 g/mol. The Hall–Kier alpha value is -3.89. The number of benzene rings is 2. The zero-order valence-corrected chi connectivity index (χ0v) is 19.7. The highest BCUT2D eigenvalue weighted by Crippen LogP contribution is 2.49. The fourth-order valence-electron chi connectivity index (χ4n) is 4.11. The van der Waals surface area contributed by atoms with E-state index in [9.17, 15) is 31.1 Å². The smallest absolute Gasteiger partial charge is 0.374 e. The van der Waals surface area contributed by atoms with Gasteiger partial charge < -0.3 is 10.2 Å². The second-order valence-corrected chi connectivity index (χ2v) is 8.72. The van der Waals surface area contributed by atoms with Gasteiger partial charge in [0.25, 0.3) is 11.5 Å². The van der Waals surface area contributed by atoms with E-state index in [1.54, 1.807) is 19.3 Å². The van der Waals surface area contributed by atoms with Gasteiger partial charge in [-0.1, -0.05) is 11.2 Å². The fourth-order valence-corrected chi connectivity index (χ4v) is 4.11. The third kappa shape index (κ3) is 5.03. The van der Waals surface area contributed by atoms with Gasteiger partial charge in [0.15, 0.2) is 17.5 Å². The molecule has 0 saturated carbocycles. The molecule has 37 heavy (non-hydrogen) atoms. The summed E-state index contributed by atoms with van der Waals surface area (Å²) >= 11 is 0. The van der Waals surface area contributed by atoms with Gasteiger partial charge in [-0.3, -0.25) is 9.78 Å². The van der Waals surface area contributed by atoms with E-state index in [4.69, 9.17) is 4.84 Å². The Balaban J connectivity index is 1.51. The van der Waals surface area contributed by atoms with Crippen LogP contribution in [0.3, 0.4) is 0 Å². The van der Waals surface area contributed by atoms with Gasteiger partial charge in [-0.25, -0.2) is 13.2 Å². The van der Waals surface area contributed by atoms with Crippen LogP contribution in [0.1, 0.15) is 44.6 Å². The van der Waals surface area contributed by atoms with Crippen LogP contribution in [-0.2, 0) is 16.9 Å². The van der Waals surface area contributed by atoms with Gasteiger partial charge in [-0.2, -0.15) is 13.2 Å². The second-order valence-electron chi connectivity index (χ2n) is 8.72. The maximum atomic E-state index is 14.1. The number of rotatable bonds is 6. The number of alkyl halides is 3. The van der Waals surface area contributed by atoms with Crippen LogP contribution < -0.4 is 5.32 Å². The third-order valence-electron chi connectivity index (χ3n) is 6.27. The quantitative estimate of drug-likeness (QED) is 0.336. The summed E-state index contributed by atoms with van der Waals surface area (Å²) in [5.74, 6) is -5.81. The molecule has 5 nitrogen and oxygen atoms in total. The number of nitrogens with one attached hydrogen (secondary N) is 1. The van der Waals surface area contributed by atoms with Crippen molar-refractivity contribution < 1.29 is 36.0 Å². The highest BCUT2D eigenvalue weighted by molar-refractivity contribution is 6.03. The molecule has 1 N–H and O–H groups in total. The molecule has 0 spiro atoms. The van der Waals surface area contributed by atoms with Crippen LogP contribution in [0.25, 0.3) is 0 Å². The molecule has 4 rings (SSSR count). The average molecular weight is 521 g/mol. The number of carbonyl (C=O) groups excluding carboxylic acids is 1. The molecule has 2 heterocycles. The Morgan fingerprint density at radius 1 is 1.05 bits per heavy atom. The first-order valence-corrected chi connectivity index (χ1v) is 11.2. The summed E-state index contributed by atoms with van der Waals surface area (Å²) in [5, 5.41) is 6.34. The Bertz CT molecular complexity index is 1370. The predicted octanol–water partition coefficient (Wildman–Crippen LogP) is 5.67. The Morgan fingerprint density at radius 3 is 2.38 bits per heavy atom. The van der Waals surface area contributed by atoms with Crippen molar-refractivity contribution in [3.8, 4) is 0 Å². The molecule has 1 aliphatic rings. The van der Waals surface area contributed by atoms with Crippen molar-refractivity contribution in [1.29, 1.82) is 0 Å². The fraction of sp³-hybridized carbons (Fsp3) is 0.269. The first-order valence-electron chi connectivity index (χ1n) is 11.2. The van der Waals surface area contributed by atoms with Crippen molar-refractivity contribution in [2.24, 2.45) is 5.16 Å². The van der Waals surface area contributed by atoms with Crippen molar-refractivity contribution in [3.63, 3.8) is 0 Å². The maximum absolute atomic E-state index is 14.1. The van der Waals surface area contributed by atoms with E-state index in [0.717, 1.165) is 11.1 Å². The summed E-state index contributed by atoms with van der Waals surface area (Å²) in [6.45, 7) is 3.90. The number of carbonyl (C=O) groups is 1. The molecular formula is C26H21F6N3O2. The lowest BCUT2D eigenvalue weighted by atomic mass is 9.86. The van der Waals surface area contributed by atoms with Crippen molar-refractivity contribution in [1.82, 2.24) is 10.3 Å². The normalized spacial score (nSPS) is 17.4. The van der Waals surface area contributed by atoms with E-state index in [2.05, 4.69) is 15.5 Å². The summed E-state index contributed by atoms with van der Waals surface area (Å²) in [6.07, 6.45) is -2.06. The highest BCUT2D eigenvalue weighted by Gasteiger charge is 2.62. The molecule has 0 fully saturated rings. The molecule has 1 amide bonds. The Labute approximate surface area is 208 Å². The van der Waals surface area contributed by atoms with E-state index in [-0.39, 0.29) is 29.3 Å². The van der Waals surface area contributed by atoms with Crippen molar-refractivity contribution >= 4 is 11.6 Å². The Kier molecular flexibility index (Phi) is 6.98. The summed E-state index contributed by atoms with van der Waals surface area (Å²) in [7, 11) is 0. The predicted molar refractivity (Wildman–Crippen MR) is 122 cm³/mol. The van der Waals surface area contributed by atoms with Gasteiger partial charge in [0.1, 0.15) is 0 Å². The number of amides is 1. The monoisotopic (exact) mass is 521 g/mol. The molecule has 3 aromatic rings. The van der Waals surface area contributed by atoms with Crippen LogP contribution in [0.15, 0.2) is 53.9 Å². The number of hydrogen-bond acceptors (Lipinski definition) is 4. The zero-order chi connectivity index (χ0) is 27.0. The van der Waals surface area contributed by atoms with E-state index in [1.807, 2.05) is 13.0 Å². The topological polar surface area (TPSA) is 63.6 Å². The lowest BCUT2D eigenvalue weighted by Crippen LogP contribution is -2.43. The minimum Gasteiger partial charge on any atom is -0.374 e. The highest BCUT2D eigenvalue weighted by atomic mass is 19.4. The molecule has 0 saturated heterocycles. The number of pyridine rings is 1. The van der Waals surface area contributed by atoms with Gasteiger partial charge in [0.2, 0.25) is 0 Å². The van der Waals surface area contributed by atoms with Crippen LogP contribution >= 0.6 is 0 Å². The molecule has 1 aromatic heterocycles. The van der Waals surface area contributed by atoms with Crippen LogP contribution in [-0.4, -0.2) is 29.3 Å². The molecule has 11 heteroatoms. The standard InChI is InChI=1S/C26H21F6N3O2/c1-14-5-7-33-13-17(14)6-8-34-24(36)19-4-3-16(9-15(19)2)22-12-25(37-35-22,26(30,31)32)18-10-20(27)23(29)21(28)11-18/h3-5,7,9-11,13H,6,8,12H2,1-2H3,(H,34,36). The largest absolute Gasteiger partial charge is 0.435 e. The number of aryl methyl sites for hydroxylation is 2. The molecule has 1 unspecified atom stereocenters.